The first-order chi connectivity index (χ1) is 7.40. The molecule has 0 aliphatic heterocycles. The van der Waals surface area contributed by atoms with Crippen molar-refractivity contribution in [3.05, 3.63) is 11.6 Å². The lowest BCUT2D eigenvalue weighted by Crippen LogP contribution is -2.41. The molecule has 0 heterocycles. The van der Waals surface area contributed by atoms with Gasteiger partial charge in [0.1, 0.15) is 5.78 Å². The monoisotopic (exact) mass is 218 g/mol. The number of carbonyl (C=O) groups is 1. The number of carbonyl (C=O) groups excluding carboxylic acids is 1. The minimum absolute atomic E-state index is 0.182. The molecule has 0 aromatic rings. The van der Waals surface area contributed by atoms with E-state index in [0.717, 1.165) is 24.7 Å². The molecule has 1 nitrogen and oxygen atoms in total. The van der Waals surface area contributed by atoms with Gasteiger partial charge in [-0.1, -0.05) is 39.3 Å². The molecule has 0 aromatic heterocycles. The third-order valence-electron chi connectivity index (χ3n) is 6.03. The molecule has 4 atom stereocenters. The number of fused-ring (bicyclic) bond motifs is 3. The van der Waals surface area contributed by atoms with Crippen molar-refractivity contribution in [2.45, 2.75) is 47.0 Å². The zero-order chi connectivity index (χ0) is 11.7. The van der Waals surface area contributed by atoms with E-state index in [0.29, 0.717) is 11.2 Å². The summed E-state index contributed by atoms with van der Waals surface area (Å²) in [5.74, 6) is 2.30. The second-order valence-electron chi connectivity index (χ2n) is 6.84. The van der Waals surface area contributed by atoms with Crippen LogP contribution in [0.3, 0.4) is 0 Å². The van der Waals surface area contributed by atoms with Crippen molar-refractivity contribution in [3.63, 3.8) is 0 Å². The van der Waals surface area contributed by atoms with Gasteiger partial charge in [-0.25, -0.2) is 0 Å². The Morgan fingerprint density at radius 2 is 1.94 bits per heavy atom. The summed E-state index contributed by atoms with van der Waals surface area (Å²) < 4.78 is 0. The van der Waals surface area contributed by atoms with Crippen LogP contribution in [0.1, 0.15) is 47.0 Å². The molecule has 1 heteroatoms. The first-order valence-electron chi connectivity index (χ1n) is 6.62. The van der Waals surface area contributed by atoms with E-state index < -0.39 is 0 Å². The van der Waals surface area contributed by atoms with E-state index in [-0.39, 0.29) is 11.3 Å². The number of Topliss-reactive ketones (excluding diaryl/α,β-unsaturated/α-hetero) is 1. The van der Waals surface area contributed by atoms with Gasteiger partial charge in [0.25, 0.3) is 0 Å². The number of hydrogen-bond donors (Lipinski definition) is 0. The average molecular weight is 218 g/mol. The molecule has 0 bridgehead atoms. The molecule has 0 radical (unpaired) electrons. The predicted octanol–water partition coefficient (Wildman–Crippen LogP) is 3.59. The second-order valence-corrected chi connectivity index (χ2v) is 6.84. The van der Waals surface area contributed by atoms with Crippen LogP contribution in [0, 0.1) is 28.6 Å². The molecule has 0 aromatic carbocycles. The fourth-order valence-corrected chi connectivity index (χ4v) is 4.79. The summed E-state index contributed by atoms with van der Waals surface area (Å²) in [5, 5.41) is 0. The second kappa shape index (κ2) is 2.80. The van der Waals surface area contributed by atoms with Crippen LogP contribution in [0.4, 0.5) is 0 Å². The normalized spacial score (nSPS) is 49.1. The van der Waals surface area contributed by atoms with E-state index in [1.165, 1.54) is 6.42 Å². The van der Waals surface area contributed by atoms with Crippen molar-refractivity contribution in [2.75, 3.05) is 0 Å². The van der Waals surface area contributed by atoms with Crippen LogP contribution in [0.5, 0.6) is 0 Å². The van der Waals surface area contributed by atoms with Gasteiger partial charge in [0.05, 0.1) is 0 Å². The van der Waals surface area contributed by atoms with Gasteiger partial charge in [-0.2, -0.15) is 0 Å². The van der Waals surface area contributed by atoms with Crippen LogP contribution in [0.2, 0.25) is 0 Å². The van der Waals surface area contributed by atoms with E-state index in [4.69, 9.17) is 0 Å². The SMILES string of the molecule is C[C@H]1C(=O)CCC2=CC[C@H]3[C@H](C3(C)C)[C@]21C. The maximum Gasteiger partial charge on any atom is 0.136 e. The van der Waals surface area contributed by atoms with Gasteiger partial charge < -0.3 is 0 Å². The molecule has 3 aliphatic carbocycles. The third kappa shape index (κ3) is 1.00. The summed E-state index contributed by atoms with van der Waals surface area (Å²) in [6, 6.07) is 0. The van der Waals surface area contributed by atoms with Gasteiger partial charge in [0.15, 0.2) is 0 Å². The average Bonchev–Trinajstić information content (AvgIpc) is 2.78. The fourth-order valence-electron chi connectivity index (χ4n) is 4.79. The summed E-state index contributed by atoms with van der Waals surface area (Å²) in [5.41, 5.74) is 2.23. The quantitative estimate of drug-likeness (QED) is 0.568. The molecule has 2 fully saturated rings. The molecule has 0 amide bonds. The Labute approximate surface area is 98.3 Å². The van der Waals surface area contributed by atoms with E-state index in [2.05, 4.69) is 33.8 Å². The third-order valence-corrected chi connectivity index (χ3v) is 6.03. The molecular formula is C15H22O. The Morgan fingerprint density at radius 1 is 1.25 bits per heavy atom. The minimum atomic E-state index is 0.182. The largest absolute Gasteiger partial charge is 0.299 e. The van der Waals surface area contributed by atoms with Crippen molar-refractivity contribution in [2.24, 2.45) is 28.6 Å². The molecule has 0 N–H and O–H groups in total. The zero-order valence-electron chi connectivity index (χ0n) is 10.8. The fraction of sp³-hybridized carbons (Fsp3) is 0.800. The molecule has 88 valence electrons. The number of rotatable bonds is 0. The highest BCUT2D eigenvalue weighted by atomic mass is 16.1. The standard InChI is InChI=1S/C15H22O/c1-9-12(16)8-6-10-5-7-11-13(14(11,2)3)15(9,10)4/h5,9,11,13H,6-8H2,1-4H3/t9-,11-,13+,15-/m0/s1. The maximum atomic E-state index is 12.0. The molecular weight excluding hydrogens is 196 g/mol. The lowest BCUT2D eigenvalue weighted by atomic mass is 9.59. The first-order valence-corrected chi connectivity index (χ1v) is 6.62. The smallest absolute Gasteiger partial charge is 0.136 e. The number of ketones is 1. The Hall–Kier alpha value is -0.590. The summed E-state index contributed by atoms with van der Waals surface area (Å²) >= 11 is 0. The molecule has 0 unspecified atom stereocenters. The summed E-state index contributed by atoms with van der Waals surface area (Å²) in [6.45, 7) is 9.28. The molecule has 3 rings (SSSR count). The molecule has 0 saturated heterocycles. The Morgan fingerprint density at radius 3 is 2.62 bits per heavy atom. The lowest BCUT2D eigenvalue weighted by Gasteiger charge is -2.44. The lowest BCUT2D eigenvalue weighted by molar-refractivity contribution is -0.127. The van der Waals surface area contributed by atoms with Gasteiger partial charge in [-0.15, -0.1) is 0 Å². The van der Waals surface area contributed by atoms with E-state index >= 15 is 0 Å². The number of allylic oxidation sites excluding steroid dienone is 2. The van der Waals surface area contributed by atoms with Crippen molar-refractivity contribution in [3.8, 4) is 0 Å². The molecule has 3 aliphatic rings. The van der Waals surface area contributed by atoms with E-state index in [1.54, 1.807) is 5.57 Å². The Kier molecular flexibility index (Phi) is 1.85. The highest BCUT2D eigenvalue weighted by molar-refractivity contribution is 5.84. The van der Waals surface area contributed by atoms with Crippen LogP contribution in [0.25, 0.3) is 0 Å². The first kappa shape index (κ1) is 10.6. The molecule has 16 heavy (non-hydrogen) atoms. The van der Waals surface area contributed by atoms with Gasteiger partial charge in [-0.05, 0) is 30.1 Å². The van der Waals surface area contributed by atoms with Gasteiger partial charge in [0.2, 0.25) is 0 Å². The van der Waals surface area contributed by atoms with Crippen molar-refractivity contribution < 1.29 is 4.79 Å². The molecule has 0 spiro atoms. The van der Waals surface area contributed by atoms with Gasteiger partial charge >= 0.3 is 0 Å². The Bertz CT molecular complexity index is 390. The number of hydrogen-bond acceptors (Lipinski definition) is 1. The van der Waals surface area contributed by atoms with Crippen LogP contribution >= 0.6 is 0 Å². The summed E-state index contributed by atoms with van der Waals surface area (Å²) in [7, 11) is 0. The van der Waals surface area contributed by atoms with Crippen molar-refractivity contribution in [1.29, 1.82) is 0 Å². The van der Waals surface area contributed by atoms with E-state index in [1.807, 2.05) is 0 Å². The Balaban J connectivity index is 2.06. The van der Waals surface area contributed by atoms with Crippen molar-refractivity contribution >= 4 is 5.78 Å². The van der Waals surface area contributed by atoms with E-state index in [9.17, 15) is 4.79 Å². The highest BCUT2D eigenvalue weighted by Crippen LogP contribution is 2.73. The zero-order valence-corrected chi connectivity index (χ0v) is 10.8. The highest BCUT2D eigenvalue weighted by Gasteiger charge is 2.68. The van der Waals surface area contributed by atoms with Crippen LogP contribution < -0.4 is 0 Å². The van der Waals surface area contributed by atoms with Crippen molar-refractivity contribution in [1.82, 2.24) is 0 Å². The topological polar surface area (TPSA) is 17.1 Å². The van der Waals surface area contributed by atoms with Crippen LogP contribution in [-0.2, 0) is 4.79 Å². The molecule has 2 saturated carbocycles. The van der Waals surface area contributed by atoms with Gasteiger partial charge in [-0.3, -0.25) is 4.79 Å². The van der Waals surface area contributed by atoms with Crippen LogP contribution in [-0.4, -0.2) is 5.78 Å². The summed E-state index contributed by atoms with van der Waals surface area (Å²) in [4.78, 5) is 12.0. The maximum absolute atomic E-state index is 12.0. The minimum Gasteiger partial charge on any atom is -0.299 e. The summed E-state index contributed by atoms with van der Waals surface area (Å²) in [6.07, 6.45) is 5.52. The van der Waals surface area contributed by atoms with Gasteiger partial charge in [0, 0.05) is 17.8 Å². The predicted molar refractivity (Wildman–Crippen MR) is 65.0 cm³/mol. The van der Waals surface area contributed by atoms with Crippen LogP contribution in [0.15, 0.2) is 11.6 Å².